The average Bonchev–Trinajstić information content (AvgIpc) is 2.40. The summed E-state index contributed by atoms with van der Waals surface area (Å²) in [6.07, 6.45) is 0. The van der Waals surface area contributed by atoms with Gasteiger partial charge in [-0.2, -0.15) is 0 Å². The molecule has 0 spiro atoms. The molecule has 1 atom stereocenters. The molecule has 0 fully saturated rings. The van der Waals surface area contributed by atoms with Crippen LogP contribution in [0.15, 0.2) is 40.9 Å². The number of rotatable bonds is 4. The van der Waals surface area contributed by atoms with Gasteiger partial charge in [-0.3, -0.25) is 0 Å². The molecule has 2 aromatic rings. The van der Waals surface area contributed by atoms with E-state index >= 15 is 0 Å². The number of halogens is 2. The molecule has 0 bridgehead atoms. The Bertz CT molecular complexity index is 615. The number of hydrogen-bond acceptors (Lipinski definition) is 2. The van der Waals surface area contributed by atoms with Gasteiger partial charge in [0.15, 0.2) is 0 Å². The van der Waals surface area contributed by atoms with Gasteiger partial charge in [-0.1, -0.05) is 22.0 Å². The molecule has 2 nitrogen and oxygen atoms in total. The summed E-state index contributed by atoms with van der Waals surface area (Å²) in [5.74, 6) is 0.504. The number of nitrogens with two attached hydrogens (primary N) is 1. The predicted octanol–water partition coefficient (Wildman–Crippen LogP) is 4.34. The SMILES string of the molecule is CCOc1ccc(Br)cc1C(N)c1ccc(F)cc1C. The number of benzene rings is 2. The summed E-state index contributed by atoms with van der Waals surface area (Å²) in [6, 6.07) is 10.0. The second kappa shape index (κ2) is 6.37. The van der Waals surface area contributed by atoms with E-state index in [9.17, 15) is 4.39 Å². The van der Waals surface area contributed by atoms with Gasteiger partial charge in [0.2, 0.25) is 0 Å². The lowest BCUT2D eigenvalue weighted by atomic mass is 9.95. The second-order valence-electron chi connectivity index (χ2n) is 4.59. The van der Waals surface area contributed by atoms with Gasteiger partial charge in [0.1, 0.15) is 11.6 Å². The molecule has 2 rings (SSSR count). The minimum absolute atomic E-state index is 0.252. The molecular weight excluding hydrogens is 321 g/mol. The molecule has 0 amide bonds. The highest BCUT2D eigenvalue weighted by Gasteiger charge is 2.17. The van der Waals surface area contributed by atoms with Crippen LogP contribution in [-0.4, -0.2) is 6.61 Å². The standard InChI is InChI=1S/C16H17BrFNO/c1-3-20-15-7-4-11(17)9-14(15)16(19)13-6-5-12(18)8-10(13)2/h4-9,16H,3,19H2,1-2H3. The lowest BCUT2D eigenvalue weighted by Crippen LogP contribution is -2.15. The summed E-state index contributed by atoms with van der Waals surface area (Å²) in [5.41, 5.74) is 8.96. The van der Waals surface area contributed by atoms with E-state index < -0.39 is 0 Å². The lowest BCUT2D eigenvalue weighted by Gasteiger charge is -2.19. The molecule has 0 heterocycles. The van der Waals surface area contributed by atoms with Gasteiger partial charge >= 0.3 is 0 Å². The van der Waals surface area contributed by atoms with Crippen LogP contribution in [0.2, 0.25) is 0 Å². The zero-order valence-electron chi connectivity index (χ0n) is 11.5. The van der Waals surface area contributed by atoms with Crippen molar-refractivity contribution in [1.29, 1.82) is 0 Å². The Labute approximate surface area is 126 Å². The molecule has 106 valence electrons. The smallest absolute Gasteiger partial charge is 0.124 e. The van der Waals surface area contributed by atoms with Crippen LogP contribution in [0, 0.1) is 12.7 Å². The first-order valence-electron chi connectivity index (χ1n) is 6.46. The first-order chi connectivity index (χ1) is 9.52. The summed E-state index contributed by atoms with van der Waals surface area (Å²) < 4.78 is 19.8. The van der Waals surface area contributed by atoms with Crippen LogP contribution >= 0.6 is 15.9 Å². The van der Waals surface area contributed by atoms with Gasteiger partial charge in [0, 0.05) is 10.0 Å². The van der Waals surface area contributed by atoms with Crippen molar-refractivity contribution in [3.05, 3.63) is 63.4 Å². The van der Waals surface area contributed by atoms with Crippen LogP contribution in [0.25, 0.3) is 0 Å². The van der Waals surface area contributed by atoms with E-state index in [2.05, 4.69) is 15.9 Å². The molecule has 0 aromatic heterocycles. The van der Waals surface area contributed by atoms with Gasteiger partial charge in [0.05, 0.1) is 12.6 Å². The third-order valence-electron chi connectivity index (χ3n) is 3.17. The molecule has 2 aromatic carbocycles. The first kappa shape index (κ1) is 15.0. The molecule has 0 aliphatic rings. The van der Waals surface area contributed by atoms with Crippen LogP contribution in [0.4, 0.5) is 4.39 Å². The molecule has 0 saturated carbocycles. The Morgan fingerprint density at radius 2 is 1.95 bits per heavy atom. The molecule has 2 N–H and O–H groups in total. The zero-order chi connectivity index (χ0) is 14.7. The van der Waals surface area contributed by atoms with Crippen molar-refractivity contribution in [2.24, 2.45) is 5.73 Å². The van der Waals surface area contributed by atoms with Crippen molar-refractivity contribution in [2.45, 2.75) is 19.9 Å². The Morgan fingerprint density at radius 3 is 2.60 bits per heavy atom. The highest BCUT2D eigenvalue weighted by Crippen LogP contribution is 2.32. The zero-order valence-corrected chi connectivity index (χ0v) is 13.1. The van der Waals surface area contributed by atoms with Crippen LogP contribution in [0.5, 0.6) is 5.75 Å². The summed E-state index contributed by atoms with van der Waals surface area (Å²) in [5, 5.41) is 0. The molecule has 20 heavy (non-hydrogen) atoms. The summed E-state index contributed by atoms with van der Waals surface area (Å²) in [6.45, 7) is 4.36. The second-order valence-corrected chi connectivity index (χ2v) is 5.51. The Balaban J connectivity index is 2.46. The van der Waals surface area contributed by atoms with E-state index in [1.54, 1.807) is 6.07 Å². The Hall–Kier alpha value is -1.39. The van der Waals surface area contributed by atoms with Crippen LogP contribution < -0.4 is 10.5 Å². The normalized spacial score (nSPS) is 12.2. The Morgan fingerprint density at radius 1 is 1.20 bits per heavy atom. The van der Waals surface area contributed by atoms with Crippen LogP contribution in [0.1, 0.15) is 29.7 Å². The van der Waals surface area contributed by atoms with Crippen molar-refractivity contribution in [3.63, 3.8) is 0 Å². The minimum atomic E-state index is -0.352. The lowest BCUT2D eigenvalue weighted by molar-refractivity contribution is 0.335. The van der Waals surface area contributed by atoms with Crippen molar-refractivity contribution in [3.8, 4) is 5.75 Å². The molecule has 0 aliphatic carbocycles. The van der Waals surface area contributed by atoms with Gasteiger partial charge in [-0.15, -0.1) is 0 Å². The van der Waals surface area contributed by atoms with E-state index in [0.717, 1.165) is 26.9 Å². The fourth-order valence-corrected chi connectivity index (χ4v) is 2.58. The van der Waals surface area contributed by atoms with Crippen molar-refractivity contribution in [1.82, 2.24) is 0 Å². The molecule has 1 unspecified atom stereocenters. The summed E-state index contributed by atoms with van der Waals surface area (Å²) in [4.78, 5) is 0. The fraction of sp³-hybridized carbons (Fsp3) is 0.250. The first-order valence-corrected chi connectivity index (χ1v) is 7.26. The monoisotopic (exact) mass is 337 g/mol. The van der Waals surface area contributed by atoms with Crippen LogP contribution in [-0.2, 0) is 0 Å². The molecule has 0 saturated heterocycles. The largest absolute Gasteiger partial charge is 0.494 e. The van der Waals surface area contributed by atoms with Crippen molar-refractivity contribution < 1.29 is 9.13 Å². The minimum Gasteiger partial charge on any atom is -0.494 e. The van der Waals surface area contributed by atoms with Gasteiger partial charge in [0.25, 0.3) is 0 Å². The predicted molar refractivity (Wildman–Crippen MR) is 82.5 cm³/mol. The topological polar surface area (TPSA) is 35.2 Å². The molecule has 0 radical (unpaired) electrons. The summed E-state index contributed by atoms with van der Waals surface area (Å²) >= 11 is 3.45. The van der Waals surface area contributed by atoms with Crippen LogP contribution in [0.3, 0.4) is 0 Å². The third kappa shape index (κ3) is 3.19. The molecule has 0 aliphatic heterocycles. The maximum Gasteiger partial charge on any atom is 0.124 e. The third-order valence-corrected chi connectivity index (χ3v) is 3.67. The number of aryl methyl sites for hydroxylation is 1. The Kier molecular flexibility index (Phi) is 4.78. The van der Waals surface area contributed by atoms with E-state index in [-0.39, 0.29) is 11.9 Å². The van der Waals surface area contributed by atoms with Crippen molar-refractivity contribution >= 4 is 15.9 Å². The van der Waals surface area contributed by atoms with Gasteiger partial charge in [-0.05, 0) is 55.3 Å². The highest BCUT2D eigenvalue weighted by atomic mass is 79.9. The quantitative estimate of drug-likeness (QED) is 0.900. The van der Waals surface area contributed by atoms with Crippen molar-refractivity contribution in [2.75, 3.05) is 6.61 Å². The van der Waals surface area contributed by atoms with E-state index in [4.69, 9.17) is 10.5 Å². The fourth-order valence-electron chi connectivity index (χ4n) is 2.20. The molecular formula is C16H17BrFNO. The highest BCUT2D eigenvalue weighted by molar-refractivity contribution is 9.10. The maximum absolute atomic E-state index is 13.2. The van der Waals surface area contributed by atoms with Gasteiger partial charge in [-0.25, -0.2) is 4.39 Å². The van der Waals surface area contributed by atoms with E-state index in [1.165, 1.54) is 12.1 Å². The van der Waals surface area contributed by atoms with E-state index in [1.807, 2.05) is 32.0 Å². The van der Waals surface area contributed by atoms with E-state index in [0.29, 0.717) is 6.61 Å². The van der Waals surface area contributed by atoms with Gasteiger partial charge < -0.3 is 10.5 Å². The number of hydrogen-bond donors (Lipinski definition) is 1. The summed E-state index contributed by atoms with van der Waals surface area (Å²) in [7, 11) is 0. The maximum atomic E-state index is 13.2. The number of ether oxygens (including phenoxy) is 1. The molecule has 4 heteroatoms. The average molecular weight is 338 g/mol.